The molecule has 0 atom stereocenters. The molecule has 2 N–H and O–H groups in total. The molecule has 0 spiro atoms. The Hall–Kier alpha value is -1.06. The predicted molar refractivity (Wildman–Crippen MR) is 88.2 cm³/mol. The van der Waals surface area contributed by atoms with E-state index in [1.807, 2.05) is 0 Å². The van der Waals surface area contributed by atoms with Crippen molar-refractivity contribution in [2.45, 2.75) is 96.8 Å². The molecule has 0 fully saturated rings. The quantitative estimate of drug-likeness (QED) is 0.491. The van der Waals surface area contributed by atoms with Crippen LogP contribution >= 0.6 is 0 Å². The van der Waals surface area contributed by atoms with E-state index in [0.29, 0.717) is 5.92 Å². The van der Waals surface area contributed by atoms with Crippen LogP contribution in [-0.2, 0) is 0 Å². The van der Waals surface area contributed by atoms with E-state index in [-0.39, 0.29) is 6.01 Å². The Balaban J connectivity index is 2.32. The highest BCUT2D eigenvalue weighted by Gasteiger charge is 2.17. The molecular formula is C17H33N3O. The van der Waals surface area contributed by atoms with E-state index in [1.165, 1.54) is 64.2 Å². The van der Waals surface area contributed by atoms with Crippen LogP contribution in [-0.4, -0.2) is 10.2 Å². The molecule has 1 heterocycles. The molecule has 1 aromatic heterocycles. The van der Waals surface area contributed by atoms with Crippen molar-refractivity contribution in [1.29, 1.82) is 0 Å². The van der Waals surface area contributed by atoms with Crippen LogP contribution in [0.25, 0.3) is 0 Å². The Morgan fingerprint density at radius 2 is 1.33 bits per heavy atom. The molecule has 0 bridgehead atoms. The largest absolute Gasteiger partial charge is 0.408 e. The fourth-order valence-electron chi connectivity index (χ4n) is 2.79. The molecule has 0 radical (unpaired) electrons. The lowest BCUT2D eigenvalue weighted by molar-refractivity contribution is 0.399. The third-order valence-electron chi connectivity index (χ3n) is 4.12. The molecule has 0 saturated heterocycles. The summed E-state index contributed by atoms with van der Waals surface area (Å²) in [7, 11) is 0. The summed E-state index contributed by atoms with van der Waals surface area (Å²) in [5, 5.41) is 7.92. The summed E-state index contributed by atoms with van der Waals surface area (Å²) in [5.74, 6) is 1.15. The van der Waals surface area contributed by atoms with Crippen LogP contribution < -0.4 is 5.73 Å². The van der Waals surface area contributed by atoms with Crippen molar-refractivity contribution < 1.29 is 4.42 Å². The molecule has 0 aliphatic heterocycles. The SMILES string of the molecule is CCCCCCCC(CCCCCCC)c1nnc(N)o1. The number of rotatable bonds is 13. The molecule has 0 amide bonds. The zero-order valence-electron chi connectivity index (χ0n) is 13.9. The van der Waals surface area contributed by atoms with Gasteiger partial charge in [0, 0.05) is 5.92 Å². The summed E-state index contributed by atoms with van der Waals surface area (Å²) >= 11 is 0. The third kappa shape index (κ3) is 8.08. The molecule has 1 aromatic rings. The zero-order valence-corrected chi connectivity index (χ0v) is 13.9. The Labute approximate surface area is 129 Å². The van der Waals surface area contributed by atoms with Crippen molar-refractivity contribution in [3.05, 3.63) is 5.89 Å². The molecule has 1 rings (SSSR count). The number of anilines is 1. The number of hydrogen-bond acceptors (Lipinski definition) is 4. The fourth-order valence-corrected chi connectivity index (χ4v) is 2.79. The van der Waals surface area contributed by atoms with Gasteiger partial charge in [-0.2, -0.15) is 0 Å². The number of nitrogens with zero attached hydrogens (tertiary/aromatic N) is 2. The minimum atomic E-state index is 0.201. The van der Waals surface area contributed by atoms with Crippen molar-refractivity contribution in [3.63, 3.8) is 0 Å². The first-order valence-electron chi connectivity index (χ1n) is 8.86. The molecule has 0 aromatic carbocycles. The topological polar surface area (TPSA) is 64.9 Å². The number of nitrogen functional groups attached to an aromatic ring is 1. The van der Waals surface area contributed by atoms with Crippen LogP contribution in [0.15, 0.2) is 4.42 Å². The van der Waals surface area contributed by atoms with Gasteiger partial charge in [0.2, 0.25) is 5.89 Å². The van der Waals surface area contributed by atoms with E-state index >= 15 is 0 Å². The predicted octanol–water partition coefficient (Wildman–Crippen LogP) is 5.46. The van der Waals surface area contributed by atoms with Crippen molar-refractivity contribution in [1.82, 2.24) is 10.2 Å². The maximum atomic E-state index is 5.56. The Kier molecular flexibility index (Phi) is 9.92. The highest BCUT2D eigenvalue weighted by molar-refractivity contribution is 5.06. The first kappa shape index (κ1) is 18.0. The van der Waals surface area contributed by atoms with Gasteiger partial charge >= 0.3 is 6.01 Å². The van der Waals surface area contributed by atoms with Gasteiger partial charge in [0.05, 0.1) is 0 Å². The van der Waals surface area contributed by atoms with E-state index in [1.54, 1.807) is 0 Å². The highest BCUT2D eigenvalue weighted by Crippen LogP contribution is 2.28. The molecule has 4 nitrogen and oxygen atoms in total. The van der Waals surface area contributed by atoms with Crippen molar-refractivity contribution in [2.75, 3.05) is 5.73 Å². The second-order valence-electron chi connectivity index (χ2n) is 6.08. The van der Waals surface area contributed by atoms with Gasteiger partial charge in [0.15, 0.2) is 0 Å². The summed E-state index contributed by atoms with van der Waals surface area (Å²) in [6, 6.07) is 0.201. The van der Waals surface area contributed by atoms with Gasteiger partial charge in [0.1, 0.15) is 0 Å². The van der Waals surface area contributed by atoms with E-state index < -0.39 is 0 Å². The minimum absolute atomic E-state index is 0.201. The van der Waals surface area contributed by atoms with Gasteiger partial charge in [0.25, 0.3) is 0 Å². The lowest BCUT2D eigenvalue weighted by Gasteiger charge is -2.12. The van der Waals surface area contributed by atoms with E-state index in [9.17, 15) is 0 Å². The van der Waals surface area contributed by atoms with E-state index in [0.717, 1.165) is 18.7 Å². The molecule has 122 valence electrons. The van der Waals surface area contributed by atoms with Crippen LogP contribution in [0, 0.1) is 0 Å². The second-order valence-corrected chi connectivity index (χ2v) is 6.08. The Morgan fingerprint density at radius 3 is 1.76 bits per heavy atom. The normalized spacial score (nSPS) is 11.4. The summed E-state index contributed by atoms with van der Waals surface area (Å²) < 4.78 is 5.46. The Bertz CT molecular complexity index is 338. The first-order chi connectivity index (χ1) is 10.3. The van der Waals surface area contributed by atoms with Crippen LogP contribution in [0.4, 0.5) is 6.01 Å². The molecule has 4 heteroatoms. The average molecular weight is 295 g/mol. The summed E-state index contributed by atoms with van der Waals surface area (Å²) in [5.41, 5.74) is 5.56. The molecule has 0 saturated carbocycles. The lowest BCUT2D eigenvalue weighted by Crippen LogP contribution is -2.00. The van der Waals surface area contributed by atoms with Gasteiger partial charge in [-0.1, -0.05) is 83.2 Å². The standard InChI is InChI=1S/C17H33N3O/c1-3-5-7-9-11-13-15(14-12-10-8-6-4-2)16-19-20-17(18)21-16/h15H,3-14H2,1-2H3,(H2,18,20). The summed E-state index contributed by atoms with van der Waals surface area (Å²) in [6.07, 6.45) is 15.4. The molecule has 0 aliphatic carbocycles. The van der Waals surface area contributed by atoms with E-state index in [2.05, 4.69) is 24.0 Å². The van der Waals surface area contributed by atoms with Gasteiger partial charge < -0.3 is 10.2 Å². The number of nitrogens with two attached hydrogens (primary N) is 1. The molecular weight excluding hydrogens is 262 g/mol. The second kappa shape index (κ2) is 11.6. The van der Waals surface area contributed by atoms with Gasteiger partial charge in [-0.05, 0) is 12.8 Å². The van der Waals surface area contributed by atoms with Crippen LogP contribution in [0.3, 0.4) is 0 Å². The molecule has 0 unspecified atom stereocenters. The number of aromatic nitrogens is 2. The van der Waals surface area contributed by atoms with Crippen LogP contribution in [0.1, 0.15) is 103 Å². The summed E-state index contributed by atoms with van der Waals surface area (Å²) in [6.45, 7) is 4.50. The smallest absolute Gasteiger partial charge is 0.312 e. The molecule has 21 heavy (non-hydrogen) atoms. The fraction of sp³-hybridized carbons (Fsp3) is 0.882. The van der Waals surface area contributed by atoms with Crippen molar-refractivity contribution in [3.8, 4) is 0 Å². The Morgan fingerprint density at radius 1 is 0.810 bits per heavy atom. The van der Waals surface area contributed by atoms with Crippen LogP contribution in [0.5, 0.6) is 0 Å². The summed E-state index contributed by atoms with van der Waals surface area (Å²) in [4.78, 5) is 0. The first-order valence-corrected chi connectivity index (χ1v) is 8.86. The monoisotopic (exact) mass is 295 g/mol. The van der Waals surface area contributed by atoms with Crippen LogP contribution in [0.2, 0.25) is 0 Å². The minimum Gasteiger partial charge on any atom is -0.408 e. The van der Waals surface area contributed by atoms with Gasteiger partial charge in [-0.15, -0.1) is 5.10 Å². The zero-order chi connectivity index (χ0) is 15.3. The number of hydrogen-bond donors (Lipinski definition) is 1. The number of unbranched alkanes of at least 4 members (excludes halogenated alkanes) is 8. The van der Waals surface area contributed by atoms with E-state index in [4.69, 9.17) is 10.2 Å². The third-order valence-corrected chi connectivity index (χ3v) is 4.12. The lowest BCUT2D eigenvalue weighted by atomic mass is 9.94. The average Bonchev–Trinajstić information content (AvgIpc) is 2.91. The molecule has 0 aliphatic rings. The van der Waals surface area contributed by atoms with Gasteiger partial charge in [-0.25, -0.2) is 0 Å². The van der Waals surface area contributed by atoms with Crippen molar-refractivity contribution in [2.24, 2.45) is 0 Å². The van der Waals surface area contributed by atoms with Gasteiger partial charge in [-0.3, -0.25) is 0 Å². The maximum Gasteiger partial charge on any atom is 0.312 e. The maximum absolute atomic E-state index is 5.56. The highest BCUT2D eigenvalue weighted by atomic mass is 16.4. The van der Waals surface area contributed by atoms with Crippen molar-refractivity contribution >= 4 is 6.01 Å².